The summed E-state index contributed by atoms with van der Waals surface area (Å²) >= 11 is 0. The monoisotopic (exact) mass is 334 g/mol. The van der Waals surface area contributed by atoms with Crippen LogP contribution in [-0.4, -0.2) is 58.0 Å². The number of nitrogens with one attached hydrogen (secondary N) is 2. The Balaban J connectivity index is 2.66. The van der Waals surface area contributed by atoms with Crippen LogP contribution in [0.25, 0.3) is 0 Å². The number of amides is 2. The molecule has 6 heteroatoms. The van der Waals surface area contributed by atoms with E-state index < -0.39 is 11.8 Å². The number of likely N-dealkylation sites (N-methyl/N-ethyl adjacent to an activating group) is 1. The third kappa shape index (κ3) is 6.20. The van der Waals surface area contributed by atoms with Crippen LogP contribution in [0, 0.1) is 5.92 Å². The van der Waals surface area contributed by atoms with Gasteiger partial charge in [0.05, 0.1) is 6.04 Å². The fourth-order valence-electron chi connectivity index (χ4n) is 2.24. The number of carbonyl (C=O) groups excluding carboxylic acids is 2. The van der Waals surface area contributed by atoms with Crippen LogP contribution in [0.4, 0.5) is 5.69 Å². The van der Waals surface area contributed by atoms with Gasteiger partial charge in [0, 0.05) is 32.9 Å². The maximum atomic E-state index is 11.9. The van der Waals surface area contributed by atoms with Crippen LogP contribution in [0.2, 0.25) is 0 Å². The SMILES string of the molecule is CC(C)CNC(=O)C(=O)NC[C@H](c1ccc(N(C)C)cc1)N(C)C. The van der Waals surface area contributed by atoms with Crippen LogP contribution >= 0.6 is 0 Å². The van der Waals surface area contributed by atoms with Gasteiger partial charge in [0.2, 0.25) is 0 Å². The van der Waals surface area contributed by atoms with E-state index in [0.717, 1.165) is 11.3 Å². The van der Waals surface area contributed by atoms with Gasteiger partial charge in [0.1, 0.15) is 0 Å². The molecule has 0 unspecified atom stereocenters. The zero-order valence-electron chi connectivity index (χ0n) is 15.6. The Kier molecular flexibility index (Phi) is 7.71. The molecule has 0 saturated heterocycles. The van der Waals surface area contributed by atoms with Crippen LogP contribution in [0.1, 0.15) is 25.5 Å². The average Bonchev–Trinajstić information content (AvgIpc) is 2.52. The molecule has 0 spiro atoms. The van der Waals surface area contributed by atoms with Gasteiger partial charge in [-0.1, -0.05) is 26.0 Å². The lowest BCUT2D eigenvalue weighted by Crippen LogP contribution is -2.43. The highest BCUT2D eigenvalue weighted by molar-refractivity contribution is 6.35. The van der Waals surface area contributed by atoms with Gasteiger partial charge in [0.25, 0.3) is 0 Å². The first-order valence-corrected chi connectivity index (χ1v) is 8.22. The van der Waals surface area contributed by atoms with Crippen molar-refractivity contribution in [2.75, 3.05) is 46.2 Å². The summed E-state index contributed by atoms with van der Waals surface area (Å²) in [6.45, 7) is 4.84. The van der Waals surface area contributed by atoms with Crippen molar-refractivity contribution in [3.8, 4) is 0 Å². The summed E-state index contributed by atoms with van der Waals surface area (Å²) in [5.74, 6) is -0.858. The zero-order chi connectivity index (χ0) is 18.3. The number of nitrogens with zero attached hydrogens (tertiary/aromatic N) is 2. The summed E-state index contributed by atoms with van der Waals surface area (Å²) in [6.07, 6.45) is 0. The number of carbonyl (C=O) groups is 2. The third-order valence-electron chi connectivity index (χ3n) is 3.75. The summed E-state index contributed by atoms with van der Waals surface area (Å²) in [7, 11) is 7.90. The van der Waals surface area contributed by atoms with Gasteiger partial charge >= 0.3 is 11.8 Å². The molecule has 0 bridgehead atoms. The van der Waals surface area contributed by atoms with E-state index in [9.17, 15) is 9.59 Å². The van der Waals surface area contributed by atoms with E-state index in [1.165, 1.54) is 0 Å². The fourth-order valence-corrected chi connectivity index (χ4v) is 2.24. The quantitative estimate of drug-likeness (QED) is 0.737. The molecular weight excluding hydrogens is 304 g/mol. The molecule has 0 aliphatic heterocycles. The highest BCUT2D eigenvalue weighted by atomic mass is 16.2. The molecule has 0 heterocycles. The second-order valence-corrected chi connectivity index (χ2v) is 6.78. The van der Waals surface area contributed by atoms with E-state index in [1.54, 1.807) is 0 Å². The smallest absolute Gasteiger partial charge is 0.309 e. The minimum atomic E-state index is -0.590. The Bertz CT molecular complexity index is 538. The van der Waals surface area contributed by atoms with Gasteiger partial charge < -0.3 is 20.4 Å². The second-order valence-electron chi connectivity index (χ2n) is 6.78. The van der Waals surface area contributed by atoms with Crippen molar-refractivity contribution >= 4 is 17.5 Å². The van der Waals surface area contributed by atoms with Gasteiger partial charge in [-0.05, 0) is 37.7 Å². The number of rotatable bonds is 7. The number of hydrogen-bond acceptors (Lipinski definition) is 4. The van der Waals surface area contributed by atoms with Crippen molar-refractivity contribution in [2.24, 2.45) is 5.92 Å². The summed E-state index contributed by atoms with van der Waals surface area (Å²) in [6, 6.07) is 8.19. The lowest BCUT2D eigenvalue weighted by atomic mass is 10.1. The molecule has 0 saturated carbocycles. The molecule has 1 atom stereocenters. The minimum Gasteiger partial charge on any atom is -0.378 e. The molecule has 1 aromatic carbocycles. The second kappa shape index (κ2) is 9.27. The Hall–Kier alpha value is -2.08. The zero-order valence-corrected chi connectivity index (χ0v) is 15.6. The highest BCUT2D eigenvalue weighted by Gasteiger charge is 2.18. The van der Waals surface area contributed by atoms with E-state index in [-0.39, 0.29) is 6.04 Å². The molecule has 2 N–H and O–H groups in total. The maximum Gasteiger partial charge on any atom is 0.309 e. The Morgan fingerprint density at radius 1 is 0.917 bits per heavy atom. The number of anilines is 1. The van der Waals surface area contributed by atoms with Crippen molar-refractivity contribution in [1.82, 2.24) is 15.5 Å². The van der Waals surface area contributed by atoms with E-state index in [4.69, 9.17) is 0 Å². The molecule has 24 heavy (non-hydrogen) atoms. The standard InChI is InChI=1S/C18H30N4O2/c1-13(2)11-19-17(23)18(24)20-12-16(22(5)6)14-7-9-15(10-8-14)21(3)4/h7-10,13,16H,11-12H2,1-6H3,(H,19,23)(H,20,24)/t16-/m1/s1. The summed E-state index contributed by atoms with van der Waals surface area (Å²) in [4.78, 5) is 27.7. The van der Waals surface area contributed by atoms with E-state index in [2.05, 4.69) is 10.6 Å². The van der Waals surface area contributed by atoms with Gasteiger partial charge in [-0.25, -0.2) is 0 Å². The molecule has 0 fully saturated rings. The highest BCUT2D eigenvalue weighted by Crippen LogP contribution is 2.20. The van der Waals surface area contributed by atoms with E-state index in [1.807, 2.05) is 76.1 Å². The van der Waals surface area contributed by atoms with Crippen LogP contribution in [-0.2, 0) is 9.59 Å². The predicted octanol–water partition coefficient (Wildman–Crippen LogP) is 1.24. The van der Waals surface area contributed by atoms with Crippen LogP contribution in [0.3, 0.4) is 0 Å². The lowest BCUT2D eigenvalue weighted by Gasteiger charge is -2.25. The van der Waals surface area contributed by atoms with Gasteiger partial charge in [-0.3, -0.25) is 9.59 Å². The van der Waals surface area contributed by atoms with Crippen molar-refractivity contribution in [1.29, 1.82) is 0 Å². The summed E-state index contributed by atoms with van der Waals surface area (Å²) in [5.41, 5.74) is 2.21. The molecule has 1 aromatic rings. The van der Waals surface area contributed by atoms with Crippen molar-refractivity contribution < 1.29 is 9.59 Å². The van der Waals surface area contributed by atoms with Crippen molar-refractivity contribution in [3.05, 3.63) is 29.8 Å². The molecule has 0 aromatic heterocycles. The van der Waals surface area contributed by atoms with Gasteiger partial charge in [-0.15, -0.1) is 0 Å². The fraction of sp³-hybridized carbons (Fsp3) is 0.556. The van der Waals surface area contributed by atoms with Gasteiger partial charge in [-0.2, -0.15) is 0 Å². The Morgan fingerprint density at radius 3 is 1.83 bits per heavy atom. The normalized spacial score (nSPS) is 12.2. The van der Waals surface area contributed by atoms with E-state index >= 15 is 0 Å². The molecule has 2 amide bonds. The molecule has 0 aliphatic carbocycles. The van der Waals surface area contributed by atoms with Crippen molar-refractivity contribution in [3.63, 3.8) is 0 Å². The van der Waals surface area contributed by atoms with Crippen LogP contribution in [0.5, 0.6) is 0 Å². The molecule has 0 aliphatic rings. The first kappa shape index (κ1) is 20.0. The number of benzene rings is 1. The van der Waals surface area contributed by atoms with Crippen LogP contribution in [0.15, 0.2) is 24.3 Å². The Morgan fingerprint density at radius 2 is 1.42 bits per heavy atom. The summed E-state index contributed by atoms with van der Waals surface area (Å²) in [5, 5.41) is 5.34. The largest absolute Gasteiger partial charge is 0.378 e. The summed E-state index contributed by atoms with van der Waals surface area (Å²) < 4.78 is 0. The minimum absolute atomic E-state index is 0.00283. The first-order valence-electron chi connectivity index (χ1n) is 8.22. The molecule has 1 rings (SSSR count). The molecule has 134 valence electrons. The molecular formula is C18H30N4O2. The Labute approximate surface area is 145 Å². The predicted molar refractivity (Wildman–Crippen MR) is 98.1 cm³/mol. The van der Waals surface area contributed by atoms with Crippen molar-refractivity contribution in [2.45, 2.75) is 19.9 Å². The van der Waals surface area contributed by atoms with Crippen LogP contribution < -0.4 is 15.5 Å². The van der Waals surface area contributed by atoms with Gasteiger partial charge in [0.15, 0.2) is 0 Å². The maximum absolute atomic E-state index is 11.9. The number of hydrogen-bond donors (Lipinski definition) is 2. The first-order chi connectivity index (χ1) is 11.2. The molecule has 0 radical (unpaired) electrons. The lowest BCUT2D eigenvalue weighted by molar-refractivity contribution is -0.139. The molecule has 6 nitrogen and oxygen atoms in total. The third-order valence-corrected chi connectivity index (χ3v) is 3.75. The van der Waals surface area contributed by atoms with E-state index in [0.29, 0.717) is 19.0 Å². The topological polar surface area (TPSA) is 64.7 Å². The average molecular weight is 334 g/mol.